The van der Waals surface area contributed by atoms with Crippen LogP contribution in [0.1, 0.15) is 15.9 Å². The number of carbonyl (C=O) groups is 1. The third-order valence-corrected chi connectivity index (χ3v) is 3.46. The fraction of sp³-hybridized carbons (Fsp3) is 0.200. The van der Waals surface area contributed by atoms with Gasteiger partial charge in [-0.05, 0) is 37.9 Å². The lowest BCUT2D eigenvalue weighted by Crippen LogP contribution is -2.15. The number of halogens is 2. The highest BCUT2D eigenvalue weighted by atomic mass is 35.5. The van der Waals surface area contributed by atoms with E-state index in [2.05, 4.69) is 10.3 Å². The van der Waals surface area contributed by atoms with Crippen LogP contribution in [0.15, 0.2) is 30.5 Å². The number of amides is 1. The van der Waals surface area contributed by atoms with E-state index in [-0.39, 0.29) is 5.56 Å². The number of pyridine rings is 1. The average molecular weight is 339 g/mol. The number of rotatable bonds is 4. The third kappa shape index (κ3) is 4.10. The van der Waals surface area contributed by atoms with Gasteiger partial charge in [0.1, 0.15) is 5.82 Å². The van der Waals surface area contributed by atoms with Crippen LogP contribution in [0.25, 0.3) is 0 Å². The maximum Gasteiger partial charge on any atom is 0.258 e. The fourth-order valence-corrected chi connectivity index (χ4v) is 2.72. The minimum absolute atomic E-state index is 0.237. The van der Waals surface area contributed by atoms with E-state index in [1.165, 1.54) is 6.20 Å². The second kappa shape index (κ2) is 6.96. The molecule has 22 heavy (non-hydrogen) atoms. The molecule has 1 amide bonds. The number of nitrogens with two attached hydrogens (primary N) is 1. The number of anilines is 2. The van der Waals surface area contributed by atoms with E-state index in [1.807, 2.05) is 19.0 Å². The Bertz CT molecular complexity index is 681. The van der Waals surface area contributed by atoms with Crippen molar-refractivity contribution in [3.8, 4) is 0 Å². The van der Waals surface area contributed by atoms with Gasteiger partial charge in [0, 0.05) is 24.5 Å². The number of nitrogen functional groups attached to an aromatic ring is 1. The Balaban J connectivity index is 2.26. The molecule has 0 saturated heterocycles. The Hall–Kier alpha value is -1.82. The van der Waals surface area contributed by atoms with E-state index in [0.29, 0.717) is 28.1 Å². The molecule has 5 nitrogen and oxygen atoms in total. The molecular weight excluding hydrogens is 323 g/mol. The highest BCUT2D eigenvalue weighted by Gasteiger charge is 2.16. The highest BCUT2D eigenvalue weighted by Crippen LogP contribution is 2.28. The molecule has 0 fully saturated rings. The van der Waals surface area contributed by atoms with Crippen molar-refractivity contribution in [1.82, 2.24) is 9.88 Å². The van der Waals surface area contributed by atoms with Crippen molar-refractivity contribution in [2.75, 3.05) is 25.1 Å². The molecule has 0 bridgehead atoms. The Kier molecular flexibility index (Phi) is 5.24. The summed E-state index contributed by atoms with van der Waals surface area (Å²) < 4.78 is 0. The van der Waals surface area contributed by atoms with E-state index in [0.717, 1.165) is 5.56 Å². The van der Waals surface area contributed by atoms with Gasteiger partial charge in [-0.3, -0.25) is 4.79 Å². The first-order valence-electron chi connectivity index (χ1n) is 6.52. The Morgan fingerprint density at radius 1 is 1.27 bits per heavy atom. The van der Waals surface area contributed by atoms with Crippen molar-refractivity contribution in [2.24, 2.45) is 0 Å². The fourth-order valence-electron chi connectivity index (χ4n) is 2.02. The van der Waals surface area contributed by atoms with Gasteiger partial charge in [0.15, 0.2) is 0 Å². The molecule has 0 aliphatic carbocycles. The van der Waals surface area contributed by atoms with Gasteiger partial charge < -0.3 is 16.0 Å². The Morgan fingerprint density at radius 2 is 1.91 bits per heavy atom. The zero-order chi connectivity index (χ0) is 16.3. The minimum Gasteiger partial charge on any atom is -0.384 e. The molecule has 1 heterocycles. The normalized spacial score (nSPS) is 10.8. The van der Waals surface area contributed by atoms with Crippen LogP contribution < -0.4 is 11.1 Å². The third-order valence-electron chi connectivity index (χ3n) is 2.87. The summed E-state index contributed by atoms with van der Waals surface area (Å²) in [6, 6.07) is 6.67. The van der Waals surface area contributed by atoms with Gasteiger partial charge in [0.2, 0.25) is 0 Å². The predicted octanol–water partition coefficient (Wildman–Crippen LogP) is 3.28. The molecular formula is C15H16Cl2N4O. The zero-order valence-electron chi connectivity index (χ0n) is 12.2. The molecule has 0 atom stereocenters. The SMILES string of the molecule is CN(C)Cc1cc(Cl)c(C(=O)Nc2ccnc(N)c2)c(Cl)c1. The van der Waals surface area contributed by atoms with Gasteiger partial charge in [-0.15, -0.1) is 0 Å². The molecule has 1 aromatic carbocycles. The smallest absolute Gasteiger partial charge is 0.258 e. The van der Waals surface area contributed by atoms with Gasteiger partial charge in [-0.25, -0.2) is 4.98 Å². The molecule has 7 heteroatoms. The summed E-state index contributed by atoms with van der Waals surface area (Å²) in [6.45, 7) is 0.683. The molecule has 2 rings (SSSR count). The zero-order valence-corrected chi connectivity index (χ0v) is 13.7. The molecule has 3 N–H and O–H groups in total. The van der Waals surface area contributed by atoms with Gasteiger partial charge in [-0.2, -0.15) is 0 Å². The van der Waals surface area contributed by atoms with E-state index in [1.54, 1.807) is 24.3 Å². The lowest BCUT2D eigenvalue weighted by molar-refractivity contribution is 0.102. The van der Waals surface area contributed by atoms with Crippen molar-refractivity contribution in [2.45, 2.75) is 6.54 Å². The summed E-state index contributed by atoms with van der Waals surface area (Å²) in [5, 5.41) is 3.32. The number of aromatic nitrogens is 1. The number of benzene rings is 1. The lowest BCUT2D eigenvalue weighted by Gasteiger charge is -2.13. The van der Waals surface area contributed by atoms with Crippen molar-refractivity contribution >= 4 is 40.6 Å². The van der Waals surface area contributed by atoms with Crippen LogP contribution in [-0.4, -0.2) is 29.9 Å². The summed E-state index contributed by atoms with van der Waals surface area (Å²) >= 11 is 12.4. The first kappa shape index (κ1) is 16.5. The molecule has 0 saturated carbocycles. The van der Waals surface area contributed by atoms with Gasteiger partial charge in [-0.1, -0.05) is 23.2 Å². The van der Waals surface area contributed by atoms with Crippen molar-refractivity contribution in [3.63, 3.8) is 0 Å². The molecule has 0 unspecified atom stereocenters. The topological polar surface area (TPSA) is 71.2 Å². The largest absolute Gasteiger partial charge is 0.384 e. The first-order valence-corrected chi connectivity index (χ1v) is 7.28. The molecule has 2 aromatic rings. The molecule has 1 aromatic heterocycles. The van der Waals surface area contributed by atoms with Crippen LogP contribution in [0.5, 0.6) is 0 Å². The standard InChI is InChI=1S/C15H16Cl2N4O/c1-21(2)8-9-5-11(16)14(12(17)6-9)15(22)20-10-3-4-19-13(18)7-10/h3-7H,8H2,1-2H3,(H3,18,19,20,22). The van der Waals surface area contributed by atoms with Crippen LogP contribution in [0.4, 0.5) is 11.5 Å². The van der Waals surface area contributed by atoms with E-state index >= 15 is 0 Å². The Labute approximate surface area is 139 Å². The van der Waals surface area contributed by atoms with E-state index < -0.39 is 5.91 Å². The lowest BCUT2D eigenvalue weighted by atomic mass is 10.1. The molecule has 0 aliphatic heterocycles. The van der Waals surface area contributed by atoms with E-state index in [4.69, 9.17) is 28.9 Å². The number of hydrogen-bond donors (Lipinski definition) is 2. The number of carbonyl (C=O) groups excluding carboxylic acids is 1. The van der Waals surface area contributed by atoms with Crippen molar-refractivity contribution < 1.29 is 4.79 Å². The van der Waals surface area contributed by atoms with Crippen LogP contribution >= 0.6 is 23.2 Å². The number of hydrogen-bond acceptors (Lipinski definition) is 4. The van der Waals surface area contributed by atoms with Crippen molar-refractivity contribution in [1.29, 1.82) is 0 Å². The predicted molar refractivity (Wildman–Crippen MR) is 90.5 cm³/mol. The van der Waals surface area contributed by atoms with Crippen LogP contribution in [0, 0.1) is 0 Å². The van der Waals surface area contributed by atoms with Crippen LogP contribution in [-0.2, 0) is 6.54 Å². The van der Waals surface area contributed by atoms with Crippen molar-refractivity contribution in [3.05, 3.63) is 51.6 Å². The summed E-state index contributed by atoms with van der Waals surface area (Å²) in [6.07, 6.45) is 1.51. The summed E-state index contributed by atoms with van der Waals surface area (Å²) in [4.78, 5) is 18.2. The first-order chi connectivity index (χ1) is 10.4. The number of nitrogens with zero attached hydrogens (tertiary/aromatic N) is 2. The quantitative estimate of drug-likeness (QED) is 0.897. The monoisotopic (exact) mass is 338 g/mol. The average Bonchev–Trinajstić information content (AvgIpc) is 2.36. The van der Waals surface area contributed by atoms with Gasteiger partial charge >= 0.3 is 0 Å². The molecule has 0 radical (unpaired) electrons. The second-order valence-electron chi connectivity index (χ2n) is 5.10. The highest BCUT2D eigenvalue weighted by molar-refractivity contribution is 6.40. The van der Waals surface area contributed by atoms with Gasteiger partial charge in [0.05, 0.1) is 15.6 Å². The Morgan fingerprint density at radius 3 is 2.45 bits per heavy atom. The second-order valence-corrected chi connectivity index (χ2v) is 5.91. The van der Waals surface area contributed by atoms with Crippen LogP contribution in [0.2, 0.25) is 10.0 Å². The number of nitrogens with one attached hydrogen (secondary N) is 1. The summed E-state index contributed by atoms with van der Waals surface area (Å²) in [5.41, 5.74) is 7.28. The van der Waals surface area contributed by atoms with Crippen LogP contribution in [0.3, 0.4) is 0 Å². The maximum absolute atomic E-state index is 12.3. The summed E-state index contributed by atoms with van der Waals surface area (Å²) in [5.74, 6) is -0.0756. The maximum atomic E-state index is 12.3. The van der Waals surface area contributed by atoms with Gasteiger partial charge in [0.25, 0.3) is 5.91 Å². The summed E-state index contributed by atoms with van der Waals surface area (Å²) in [7, 11) is 3.88. The molecule has 0 spiro atoms. The minimum atomic E-state index is -0.392. The molecule has 0 aliphatic rings. The molecule has 116 valence electrons. The van der Waals surface area contributed by atoms with E-state index in [9.17, 15) is 4.79 Å².